The lowest BCUT2D eigenvalue weighted by Gasteiger charge is -2.12. The summed E-state index contributed by atoms with van der Waals surface area (Å²) in [6.07, 6.45) is 1.88. The molecule has 220 valence electrons. The first-order valence-electron chi connectivity index (χ1n) is 15.6. The Morgan fingerprint density at radius 2 is 0.936 bits per heavy atom. The van der Waals surface area contributed by atoms with Gasteiger partial charge in [0, 0.05) is 50.3 Å². The maximum absolute atomic E-state index is 5.05. The van der Waals surface area contributed by atoms with Crippen LogP contribution in [0.3, 0.4) is 0 Å². The molecule has 0 bridgehead atoms. The molecule has 9 aromatic rings. The van der Waals surface area contributed by atoms with Crippen molar-refractivity contribution in [2.24, 2.45) is 0 Å². The molecule has 0 saturated carbocycles. The molecule has 3 heterocycles. The van der Waals surface area contributed by atoms with Crippen LogP contribution in [0.2, 0.25) is 0 Å². The van der Waals surface area contributed by atoms with Gasteiger partial charge in [-0.3, -0.25) is 0 Å². The molecule has 0 aliphatic carbocycles. The summed E-state index contributed by atoms with van der Waals surface area (Å²) >= 11 is 0. The van der Waals surface area contributed by atoms with Crippen LogP contribution in [0, 0.1) is 0 Å². The van der Waals surface area contributed by atoms with Gasteiger partial charge in [0.1, 0.15) is 0 Å². The minimum atomic E-state index is 0.687. The zero-order valence-corrected chi connectivity index (χ0v) is 25.3. The molecule has 3 aromatic heterocycles. The van der Waals surface area contributed by atoms with Crippen molar-refractivity contribution in [2.45, 2.75) is 0 Å². The second-order valence-electron chi connectivity index (χ2n) is 11.6. The first-order chi connectivity index (χ1) is 23.3. The van der Waals surface area contributed by atoms with Crippen LogP contribution in [0.5, 0.6) is 0 Å². The maximum Gasteiger partial charge on any atom is 0.160 e. The molecule has 0 spiro atoms. The van der Waals surface area contributed by atoms with Crippen LogP contribution in [-0.2, 0) is 0 Å². The molecule has 6 aromatic carbocycles. The maximum atomic E-state index is 5.05. The summed E-state index contributed by atoms with van der Waals surface area (Å²) in [5.41, 5.74) is 10.1. The Bertz CT molecular complexity index is 2500. The molecule has 0 fully saturated rings. The Hall–Kier alpha value is -6.46. The third-order valence-corrected chi connectivity index (χ3v) is 8.69. The highest BCUT2D eigenvalue weighted by Crippen LogP contribution is 2.33. The lowest BCUT2D eigenvalue weighted by atomic mass is 10.0. The van der Waals surface area contributed by atoms with Gasteiger partial charge in [-0.05, 0) is 36.4 Å². The van der Waals surface area contributed by atoms with Crippen LogP contribution in [-0.4, -0.2) is 24.5 Å². The summed E-state index contributed by atoms with van der Waals surface area (Å²) < 4.78 is 2.33. The van der Waals surface area contributed by atoms with Crippen molar-refractivity contribution in [3.63, 3.8) is 0 Å². The number of aromatic nitrogens is 5. The summed E-state index contributed by atoms with van der Waals surface area (Å²) in [6.45, 7) is 0. The first-order valence-corrected chi connectivity index (χ1v) is 15.6. The average molecular weight is 602 g/mol. The van der Waals surface area contributed by atoms with Crippen molar-refractivity contribution in [1.29, 1.82) is 0 Å². The van der Waals surface area contributed by atoms with Crippen molar-refractivity contribution in [1.82, 2.24) is 24.5 Å². The molecule has 0 N–H and O–H groups in total. The van der Waals surface area contributed by atoms with E-state index in [1.165, 1.54) is 21.8 Å². The highest BCUT2D eigenvalue weighted by atomic mass is 15.0. The third-order valence-electron chi connectivity index (χ3n) is 8.69. The molecule has 0 unspecified atom stereocenters. The fraction of sp³-hybridized carbons (Fsp3) is 0. The van der Waals surface area contributed by atoms with E-state index in [-0.39, 0.29) is 0 Å². The van der Waals surface area contributed by atoms with Gasteiger partial charge in [-0.1, -0.05) is 121 Å². The van der Waals surface area contributed by atoms with E-state index in [9.17, 15) is 0 Å². The van der Waals surface area contributed by atoms with Gasteiger partial charge in [0.2, 0.25) is 0 Å². The molecule has 0 atom stereocenters. The third kappa shape index (κ3) is 4.82. The fourth-order valence-corrected chi connectivity index (χ4v) is 6.34. The van der Waals surface area contributed by atoms with Crippen LogP contribution >= 0.6 is 0 Å². The number of hydrogen-bond donors (Lipinski definition) is 0. The van der Waals surface area contributed by atoms with E-state index in [1.54, 1.807) is 0 Å². The molecule has 0 radical (unpaired) electrons. The molecule has 47 heavy (non-hydrogen) atoms. The zero-order chi connectivity index (χ0) is 31.2. The Morgan fingerprint density at radius 3 is 1.62 bits per heavy atom. The quantitative estimate of drug-likeness (QED) is 0.197. The van der Waals surface area contributed by atoms with Gasteiger partial charge >= 0.3 is 0 Å². The second kappa shape index (κ2) is 11.2. The first kappa shape index (κ1) is 26.9. The highest BCUT2D eigenvalue weighted by molar-refractivity contribution is 6.09. The molecule has 5 nitrogen and oxygen atoms in total. The Labute approximate surface area is 271 Å². The lowest BCUT2D eigenvalue weighted by Crippen LogP contribution is -1.97. The molecule has 5 heteroatoms. The summed E-state index contributed by atoms with van der Waals surface area (Å²) in [5, 5.41) is 3.52. The van der Waals surface area contributed by atoms with Crippen molar-refractivity contribution < 1.29 is 0 Å². The van der Waals surface area contributed by atoms with Gasteiger partial charge in [-0.15, -0.1) is 0 Å². The number of hydrogen-bond acceptors (Lipinski definition) is 4. The highest BCUT2D eigenvalue weighted by Gasteiger charge is 2.14. The van der Waals surface area contributed by atoms with Gasteiger partial charge in [-0.25, -0.2) is 19.9 Å². The number of rotatable bonds is 5. The van der Waals surface area contributed by atoms with E-state index in [1.807, 2.05) is 48.7 Å². The lowest BCUT2D eigenvalue weighted by molar-refractivity contribution is 1.17. The predicted octanol–water partition coefficient (Wildman–Crippen LogP) is 10.2. The van der Waals surface area contributed by atoms with Gasteiger partial charge in [0.25, 0.3) is 0 Å². The van der Waals surface area contributed by atoms with E-state index >= 15 is 0 Å². The minimum Gasteiger partial charge on any atom is -0.309 e. The molecule has 0 aliphatic heterocycles. The monoisotopic (exact) mass is 601 g/mol. The Morgan fingerprint density at radius 1 is 0.404 bits per heavy atom. The summed E-state index contributed by atoms with van der Waals surface area (Å²) in [7, 11) is 0. The van der Waals surface area contributed by atoms with Crippen molar-refractivity contribution >= 4 is 32.7 Å². The van der Waals surface area contributed by atoms with Crippen LogP contribution in [0.4, 0.5) is 0 Å². The van der Waals surface area contributed by atoms with E-state index in [0.717, 1.165) is 50.2 Å². The minimum absolute atomic E-state index is 0.687. The molecular weight excluding hydrogens is 574 g/mol. The van der Waals surface area contributed by atoms with Crippen molar-refractivity contribution in [3.8, 4) is 51.0 Å². The van der Waals surface area contributed by atoms with Gasteiger partial charge in [-0.2, -0.15) is 0 Å². The number of fused-ring (bicyclic) bond motifs is 4. The Balaban J connectivity index is 1.12. The van der Waals surface area contributed by atoms with Crippen LogP contribution in [0.25, 0.3) is 83.7 Å². The van der Waals surface area contributed by atoms with E-state index in [2.05, 4.69) is 125 Å². The number of para-hydroxylation sites is 3. The molecule has 0 saturated heterocycles. The summed E-state index contributed by atoms with van der Waals surface area (Å²) in [5.74, 6) is 1.39. The summed E-state index contributed by atoms with van der Waals surface area (Å²) in [6, 6.07) is 54.3. The Kier molecular flexibility index (Phi) is 6.39. The standard InChI is InChI=1S/C42H27N5/c1-2-10-30(11-3-1)42-45-37(28-18-20-31(21-19-28)41-43-27-32-12-4-7-15-36(32)44-41)26-38(46-42)29-22-24-33(25-23-29)47-39-16-8-5-13-34(39)35-14-6-9-17-40(35)47/h1-27H. The molecular formula is C42H27N5. The fourth-order valence-electron chi connectivity index (χ4n) is 6.34. The SMILES string of the molecule is c1ccc(-c2nc(-c3ccc(-c4ncc5ccccc5n4)cc3)cc(-c3ccc(-n4c5ccccc5c5ccccc54)cc3)n2)cc1. The normalized spacial score (nSPS) is 11.4. The second-order valence-corrected chi connectivity index (χ2v) is 11.6. The predicted molar refractivity (Wildman–Crippen MR) is 191 cm³/mol. The van der Waals surface area contributed by atoms with E-state index in [4.69, 9.17) is 15.0 Å². The zero-order valence-electron chi connectivity index (χ0n) is 25.3. The van der Waals surface area contributed by atoms with Crippen LogP contribution in [0.1, 0.15) is 0 Å². The van der Waals surface area contributed by atoms with Crippen LogP contribution in [0.15, 0.2) is 164 Å². The number of benzene rings is 6. The molecule has 0 amide bonds. The van der Waals surface area contributed by atoms with E-state index in [0.29, 0.717) is 11.6 Å². The topological polar surface area (TPSA) is 56.5 Å². The van der Waals surface area contributed by atoms with Crippen molar-refractivity contribution in [2.75, 3.05) is 0 Å². The van der Waals surface area contributed by atoms with Gasteiger partial charge in [0.05, 0.1) is 27.9 Å². The van der Waals surface area contributed by atoms with Gasteiger partial charge in [0.15, 0.2) is 11.6 Å². The molecule has 0 aliphatic rings. The van der Waals surface area contributed by atoms with E-state index < -0.39 is 0 Å². The largest absolute Gasteiger partial charge is 0.309 e. The smallest absolute Gasteiger partial charge is 0.160 e. The van der Waals surface area contributed by atoms with Crippen molar-refractivity contribution in [3.05, 3.63) is 164 Å². The average Bonchev–Trinajstić information content (AvgIpc) is 3.49. The molecule has 9 rings (SSSR count). The number of nitrogens with zero attached hydrogens (tertiary/aromatic N) is 5. The summed E-state index contributed by atoms with van der Waals surface area (Å²) in [4.78, 5) is 19.5. The van der Waals surface area contributed by atoms with Gasteiger partial charge < -0.3 is 4.57 Å². The van der Waals surface area contributed by atoms with Crippen LogP contribution < -0.4 is 0 Å².